The van der Waals surface area contributed by atoms with Gasteiger partial charge in [-0.15, -0.1) is 0 Å². The normalized spacial score (nSPS) is 16.2. The molecule has 2 aromatic rings. The Kier molecular flexibility index (Phi) is 5.15. The highest BCUT2D eigenvalue weighted by Gasteiger charge is 2.18. The molecule has 1 aliphatic rings. The molecule has 1 aliphatic heterocycles. The van der Waals surface area contributed by atoms with E-state index in [2.05, 4.69) is 16.9 Å². The van der Waals surface area contributed by atoms with Crippen molar-refractivity contribution in [3.63, 3.8) is 0 Å². The van der Waals surface area contributed by atoms with Crippen LogP contribution >= 0.6 is 0 Å². The Morgan fingerprint density at radius 3 is 2.67 bits per heavy atom. The maximum atomic E-state index is 10.7. The van der Waals surface area contributed by atoms with Crippen molar-refractivity contribution in [3.8, 4) is 17.1 Å². The Bertz CT molecular complexity index is 673. The first-order valence-electron chi connectivity index (χ1n) is 8.30. The van der Waals surface area contributed by atoms with Crippen molar-refractivity contribution in [3.05, 3.63) is 36.7 Å². The minimum Gasteiger partial charge on any atom is -0.490 e. The van der Waals surface area contributed by atoms with Gasteiger partial charge in [0, 0.05) is 37.6 Å². The highest BCUT2D eigenvalue weighted by Crippen LogP contribution is 2.23. The number of aromatic nitrogens is 2. The summed E-state index contributed by atoms with van der Waals surface area (Å²) in [5, 5.41) is 8.83. The number of hydrogen-bond donors (Lipinski definition) is 1. The van der Waals surface area contributed by atoms with Gasteiger partial charge in [0.1, 0.15) is 17.7 Å². The van der Waals surface area contributed by atoms with Gasteiger partial charge in [-0.3, -0.25) is 4.79 Å². The number of ether oxygens (including phenoxy) is 1. The summed E-state index contributed by atoms with van der Waals surface area (Å²) < 4.78 is 7.92. The molecule has 0 radical (unpaired) electrons. The van der Waals surface area contributed by atoms with Crippen LogP contribution in [0.2, 0.25) is 0 Å². The van der Waals surface area contributed by atoms with Crippen LogP contribution in [0.4, 0.5) is 0 Å². The first kappa shape index (κ1) is 16.5. The zero-order valence-electron chi connectivity index (χ0n) is 13.9. The summed E-state index contributed by atoms with van der Waals surface area (Å²) in [6.45, 7) is 2.56. The van der Waals surface area contributed by atoms with Crippen molar-refractivity contribution in [2.75, 3.05) is 20.1 Å². The van der Waals surface area contributed by atoms with Gasteiger partial charge in [0.05, 0.1) is 6.42 Å². The molecule has 24 heavy (non-hydrogen) atoms. The van der Waals surface area contributed by atoms with Crippen LogP contribution in [-0.4, -0.2) is 51.8 Å². The Morgan fingerprint density at radius 2 is 2.00 bits per heavy atom. The van der Waals surface area contributed by atoms with Gasteiger partial charge in [-0.2, -0.15) is 0 Å². The second-order valence-corrected chi connectivity index (χ2v) is 6.23. The third-order valence-electron chi connectivity index (χ3n) is 4.36. The average molecular weight is 329 g/mol. The number of rotatable bonds is 6. The molecule has 6 nitrogen and oxygen atoms in total. The quantitative estimate of drug-likeness (QED) is 0.882. The van der Waals surface area contributed by atoms with Gasteiger partial charge in [0.2, 0.25) is 0 Å². The summed E-state index contributed by atoms with van der Waals surface area (Å²) in [7, 11) is 2.14. The number of likely N-dealkylation sites (tertiary alicyclic amines) is 1. The highest BCUT2D eigenvalue weighted by atomic mass is 16.5. The lowest BCUT2D eigenvalue weighted by Gasteiger charge is -2.29. The number of nitrogens with zero attached hydrogens (tertiary/aromatic N) is 3. The Balaban J connectivity index is 1.64. The number of carboxylic acids is 1. The molecule has 0 amide bonds. The van der Waals surface area contributed by atoms with E-state index in [-0.39, 0.29) is 12.5 Å². The van der Waals surface area contributed by atoms with Crippen LogP contribution in [-0.2, 0) is 11.3 Å². The molecule has 128 valence electrons. The Labute approximate surface area is 141 Å². The number of benzene rings is 1. The second-order valence-electron chi connectivity index (χ2n) is 6.23. The van der Waals surface area contributed by atoms with Crippen molar-refractivity contribution in [2.24, 2.45) is 0 Å². The van der Waals surface area contributed by atoms with Crippen molar-refractivity contribution < 1.29 is 14.6 Å². The van der Waals surface area contributed by atoms with Crippen LogP contribution in [0.15, 0.2) is 36.7 Å². The lowest BCUT2D eigenvalue weighted by molar-refractivity contribution is -0.137. The van der Waals surface area contributed by atoms with Crippen LogP contribution in [0.25, 0.3) is 11.4 Å². The van der Waals surface area contributed by atoms with Crippen molar-refractivity contribution in [1.29, 1.82) is 0 Å². The predicted octanol–water partition coefficient (Wildman–Crippen LogP) is 2.50. The summed E-state index contributed by atoms with van der Waals surface area (Å²) >= 11 is 0. The fraction of sp³-hybridized carbons (Fsp3) is 0.444. The number of imidazole rings is 1. The van der Waals surface area contributed by atoms with Gasteiger partial charge in [-0.25, -0.2) is 4.98 Å². The monoisotopic (exact) mass is 329 g/mol. The fourth-order valence-electron chi connectivity index (χ4n) is 2.94. The highest BCUT2D eigenvalue weighted by molar-refractivity contribution is 5.66. The first-order chi connectivity index (χ1) is 11.6. The van der Waals surface area contributed by atoms with Crippen molar-refractivity contribution in [2.45, 2.75) is 31.9 Å². The molecule has 1 fully saturated rings. The molecule has 2 heterocycles. The van der Waals surface area contributed by atoms with Crippen LogP contribution in [0.5, 0.6) is 5.75 Å². The van der Waals surface area contributed by atoms with E-state index in [0.29, 0.717) is 6.54 Å². The van der Waals surface area contributed by atoms with Gasteiger partial charge >= 0.3 is 5.97 Å². The van der Waals surface area contributed by atoms with E-state index in [0.717, 1.165) is 43.1 Å². The summed E-state index contributed by atoms with van der Waals surface area (Å²) in [5.74, 6) is 0.843. The summed E-state index contributed by atoms with van der Waals surface area (Å²) in [6, 6.07) is 7.88. The number of aryl methyl sites for hydroxylation is 1. The minimum atomic E-state index is -0.809. The smallest absolute Gasteiger partial charge is 0.305 e. The molecular weight excluding hydrogens is 306 g/mol. The Hall–Kier alpha value is -2.34. The number of carbonyl (C=O) groups is 1. The third kappa shape index (κ3) is 4.14. The molecule has 0 bridgehead atoms. The van der Waals surface area contributed by atoms with Crippen LogP contribution in [0, 0.1) is 0 Å². The lowest BCUT2D eigenvalue weighted by atomic mass is 10.1. The van der Waals surface area contributed by atoms with Gasteiger partial charge in [-0.1, -0.05) is 0 Å². The summed E-state index contributed by atoms with van der Waals surface area (Å²) in [6.07, 6.45) is 5.97. The first-order valence-corrected chi connectivity index (χ1v) is 8.30. The number of carboxylic acid groups (broad SMARTS) is 1. The molecule has 1 saturated heterocycles. The largest absolute Gasteiger partial charge is 0.490 e. The van der Waals surface area contributed by atoms with Crippen molar-refractivity contribution in [1.82, 2.24) is 14.5 Å². The number of piperidine rings is 1. The molecule has 1 N–H and O–H groups in total. The van der Waals surface area contributed by atoms with E-state index >= 15 is 0 Å². The third-order valence-corrected chi connectivity index (χ3v) is 4.36. The minimum absolute atomic E-state index is 0.0840. The second kappa shape index (κ2) is 7.49. The zero-order chi connectivity index (χ0) is 16.9. The molecule has 0 aliphatic carbocycles. The predicted molar refractivity (Wildman–Crippen MR) is 91.1 cm³/mol. The maximum Gasteiger partial charge on any atom is 0.305 e. The molecule has 0 atom stereocenters. The van der Waals surface area contributed by atoms with E-state index in [4.69, 9.17) is 9.84 Å². The van der Waals surface area contributed by atoms with E-state index in [1.807, 2.05) is 28.8 Å². The van der Waals surface area contributed by atoms with Crippen molar-refractivity contribution >= 4 is 5.97 Å². The number of hydrogen-bond acceptors (Lipinski definition) is 4. The summed E-state index contributed by atoms with van der Waals surface area (Å²) in [5.41, 5.74) is 0.959. The van der Waals surface area contributed by atoms with Gasteiger partial charge in [-0.05, 0) is 44.2 Å². The fourth-order valence-corrected chi connectivity index (χ4v) is 2.94. The maximum absolute atomic E-state index is 10.7. The Morgan fingerprint density at radius 1 is 1.29 bits per heavy atom. The molecule has 0 spiro atoms. The lowest BCUT2D eigenvalue weighted by Crippen LogP contribution is -2.35. The van der Waals surface area contributed by atoms with E-state index in [1.165, 1.54) is 0 Å². The molecule has 1 aromatic heterocycles. The molecule has 6 heteroatoms. The molecule has 3 rings (SSSR count). The molecule has 1 aromatic carbocycles. The van der Waals surface area contributed by atoms with E-state index in [9.17, 15) is 4.79 Å². The number of aliphatic carboxylic acids is 1. The molecule has 0 saturated carbocycles. The van der Waals surface area contributed by atoms with Gasteiger partial charge in [0.25, 0.3) is 0 Å². The standard InChI is InChI=1S/C18H23N3O3/c1-20-10-6-16(7-11-20)24-15-4-2-14(3-5-15)18-19-9-13-21(18)12-8-17(22)23/h2-5,9,13,16H,6-8,10-12H2,1H3,(H,22,23). The molecule has 0 unspecified atom stereocenters. The molecular formula is C18H23N3O3. The topological polar surface area (TPSA) is 67.6 Å². The van der Waals surface area contributed by atoms with Crippen LogP contribution in [0.1, 0.15) is 19.3 Å². The van der Waals surface area contributed by atoms with Gasteiger partial charge < -0.3 is 19.3 Å². The van der Waals surface area contributed by atoms with Crippen LogP contribution < -0.4 is 4.74 Å². The average Bonchev–Trinajstić information content (AvgIpc) is 3.04. The van der Waals surface area contributed by atoms with E-state index < -0.39 is 5.97 Å². The van der Waals surface area contributed by atoms with Gasteiger partial charge in [0.15, 0.2) is 0 Å². The van der Waals surface area contributed by atoms with E-state index in [1.54, 1.807) is 12.4 Å². The SMILES string of the molecule is CN1CCC(Oc2ccc(-c3nccn3CCC(=O)O)cc2)CC1. The summed E-state index contributed by atoms with van der Waals surface area (Å²) in [4.78, 5) is 17.4. The van der Waals surface area contributed by atoms with Crippen LogP contribution in [0.3, 0.4) is 0 Å². The zero-order valence-corrected chi connectivity index (χ0v) is 13.9.